The molecular weight excluding hydrogens is 297 g/mol. The van der Waals surface area contributed by atoms with Gasteiger partial charge in [0.05, 0.1) is 5.02 Å². The van der Waals surface area contributed by atoms with E-state index in [9.17, 15) is 0 Å². The molecule has 102 valence electrons. The number of nitrogens with zero attached hydrogens (tertiary/aromatic N) is 4. The Kier molecular flexibility index (Phi) is 3.46. The minimum absolute atomic E-state index is 0.160. The smallest absolute Gasteiger partial charge is 0.231 e. The Morgan fingerprint density at radius 1 is 1.05 bits per heavy atom. The van der Waals surface area contributed by atoms with Crippen molar-refractivity contribution < 1.29 is 0 Å². The van der Waals surface area contributed by atoms with E-state index in [1.54, 1.807) is 18.2 Å². The third-order valence-electron chi connectivity index (χ3n) is 2.91. The summed E-state index contributed by atoms with van der Waals surface area (Å²) in [7, 11) is 0. The van der Waals surface area contributed by atoms with Gasteiger partial charge in [0.25, 0.3) is 0 Å². The van der Waals surface area contributed by atoms with Crippen LogP contribution in [0.4, 0.5) is 11.9 Å². The summed E-state index contributed by atoms with van der Waals surface area (Å²) >= 11 is 12.2. The van der Waals surface area contributed by atoms with Crippen molar-refractivity contribution >= 4 is 35.1 Å². The summed E-state index contributed by atoms with van der Waals surface area (Å²) in [5, 5.41) is 1.08. The molecule has 3 rings (SSSR count). The monoisotopic (exact) mass is 307 g/mol. The number of anilines is 2. The highest BCUT2D eigenvalue weighted by molar-refractivity contribution is 6.35. The zero-order valence-electron chi connectivity index (χ0n) is 10.4. The van der Waals surface area contributed by atoms with E-state index in [4.69, 9.17) is 28.9 Å². The number of hydrogen-bond donors (Lipinski definition) is 1. The van der Waals surface area contributed by atoms with Crippen LogP contribution >= 0.6 is 23.2 Å². The van der Waals surface area contributed by atoms with Crippen LogP contribution in [-0.2, 0) is 0 Å². The summed E-state index contributed by atoms with van der Waals surface area (Å²) < 4.78 is 0. The molecule has 0 atom stereocenters. The Labute approximate surface area is 126 Å². The third kappa shape index (κ3) is 2.55. The number of nitrogens with two attached hydrogens (primary N) is 1. The second kappa shape index (κ2) is 5.26. The van der Waals surface area contributed by atoms with E-state index < -0.39 is 0 Å². The fourth-order valence-corrected chi connectivity index (χ4v) is 2.33. The van der Waals surface area contributed by atoms with Gasteiger partial charge in [-0.25, -0.2) is 0 Å². The first kappa shape index (κ1) is 13.1. The van der Waals surface area contributed by atoms with Gasteiger partial charge in [-0.2, -0.15) is 15.0 Å². The van der Waals surface area contributed by atoms with Gasteiger partial charge >= 0.3 is 0 Å². The van der Waals surface area contributed by atoms with Gasteiger partial charge < -0.3 is 10.6 Å². The summed E-state index contributed by atoms with van der Waals surface area (Å²) in [6.45, 7) is 1.51. The first-order valence-electron chi connectivity index (χ1n) is 6.00. The minimum atomic E-state index is 0.160. The Bertz CT molecular complexity index is 678. The summed E-state index contributed by atoms with van der Waals surface area (Å²) in [5.74, 6) is 1.12. The minimum Gasteiger partial charge on any atom is -0.368 e. The van der Waals surface area contributed by atoms with E-state index in [2.05, 4.69) is 15.0 Å². The number of aromatic nitrogens is 3. The molecule has 0 amide bonds. The van der Waals surface area contributed by atoms with Gasteiger partial charge in [-0.1, -0.05) is 35.4 Å². The van der Waals surface area contributed by atoms with Crippen molar-refractivity contribution in [2.75, 3.05) is 23.7 Å². The molecule has 2 heterocycles. The molecule has 1 aliphatic rings. The summed E-state index contributed by atoms with van der Waals surface area (Å²) in [6, 6.07) is 5.13. The van der Waals surface area contributed by atoms with Crippen LogP contribution in [0.1, 0.15) is 0 Å². The maximum absolute atomic E-state index is 6.17. The van der Waals surface area contributed by atoms with Crippen molar-refractivity contribution in [2.45, 2.75) is 0 Å². The quantitative estimate of drug-likeness (QED) is 0.864. The molecule has 0 aliphatic carbocycles. The van der Waals surface area contributed by atoms with Crippen molar-refractivity contribution in [1.29, 1.82) is 0 Å². The second-order valence-corrected chi connectivity index (χ2v) is 5.16. The predicted octanol–water partition coefficient (Wildman–Crippen LogP) is 2.80. The standard InChI is InChI=1S/C13H11Cl2N5/c14-8-3-4-10(15)9(7-8)11-17-12(16)19-13(18-11)20-5-1-2-6-20/h1-4,7H,5-6H2,(H2,16,17,18,19). The van der Waals surface area contributed by atoms with E-state index in [0.717, 1.165) is 13.1 Å². The van der Waals surface area contributed by atoms with Gasteiger partial charge in [-0.05, 0) is 18.2 Å². The second-order valence-electron chi connectivity index (χ2n) is 4.32. The van der Waals surface area contributed by atoms with Crippen LogP contribution in [-0.4, -0.2) is 28.0 Å². The zero-order valence-corrected chi connectivity index (χ0v) is 11.9. The van der Waals surface area contributed by atoms with Crippen molar-refractivity contribution in [3.63, 3.8) is 0 Å². The van der Waals surface area contributed by atoms with Crippen molar-refractivity contribution in [3.05, 3.63) is 40.4 Å². The first-order chi connectivity index (χ1) is 9.63. The number of hydrogen-bond acceptors (Lipinski definition) is 5. The lowest BCUT2D eigenvalue weighted by Gasteiger charge is -2.16. The van der Waals surface area contributed by atoms with Crippen molar-refractivity contribution in [1.82, 2.24) is 15.0 Å². The molecule has 0 bridgehead atoms. The lowest BCUT2D eigenvalue weighted by Crippen LogP contribution is -2.22. The molecule has 0 unspecified atom stereocenters. The maximum Gasteiger partial charge on any atom is 0.231 e. The molecule has 1 aromatic carbocycles. The molecule has 1 aromatic heterocycles. The van der Waals surface area contributed by atoms with E-state index in [1.807, 2.05) is 17.1 Å². The fraction of sp³-hybridized carbons (Fsp3) is 0.154. The van der Waals surface area contributed by atoms with Crippen LogP contribution in [0.5, 0.6) is 0 Å². The van der Waals surface area contributed by atoms with Crippen LogP contribution in [0.15, 0.2) is 30.4 Å². The van der Waals surface area contributed by atoms with Crippen LogP contribution in [0.3, 0.4) is 0 Å². The van der Waals surface area contributed by atoms with E-state index >= 15 is 0 Å². The summed E-state index contributed by atoms with van der Waals surface area (Å²) in [4.78, 5) is 14.7. The molecule has 20 heavy (non-hydrogen) atoms. The molecule has 0 fully saturated rings. The summed E-state index contributed by atoms with van der Waals surface area (Å²) in [6.07, 6.45) is 4.10. The number of rotatable bonds is 2. The SMILES string of the molecule is Nc1nc(-c2cc(Cl)ccc2Cl)nc(N2CC=CC2)n1. The Balaban J connectivity index is 2.07. The van der Waals surface area contributed by atoms with Crippen LogP contribution < -0.4 is 10.6 Å². The van der Waals surface area contributed by atoms with Gasteiger partial charge in [0.2, 0.25) is 11.9 Å². The lowest BCUT2D eigenvalue weighted by atomic mass is 10.2. The molecule has 2 aromatic rings. The highest BCUT2D eigenvalue weighted by atomic mass is 35.5. The molecule has 0 radical (unpaired) electrons. The molecule has 5 nitrogen and oxygen atoms in total. The average Bonchev–Trinajstić information content (AvgIpc) is 2.95. The Morgan fingerprint density at radius 2 is 1.80 bits per heavy atom. The molecular formula is C13H11Cl2N5. The number of halogens is 2. The Hall–Kier alpha value is -1.85. The van der Waals surface area contributed by atoms with Crippen LogP contribution in [0.2, 0.25) is 10.0 Å². The molecule has 0 saturated heterocycles. The van der Waals surface area contributed by atoms with Gasteiger partial charge in [0, 0.05) is 23.7 Å². The first-order valence-corrected chi connectivity index (χ1v) is 6.76. The molecule has 2 N–H and O–H groups in total. The average molecular weight is 308 g/mol. The van der Waals surface area contributed by atoms with Gasteiger partial charge in [-0.15, -0.1) is 0 Å². The van der Waals surface area contributed by atoms with Gasteiger partial charge in [0.1, 0.15) is 0 Å². The lowest BCUT2D eigenvalue weighted by molar-refractivity contribution is 0.909. The zero-order chi connectivity index (χ0) is 14.1. The topological polar surface area (TPSA) is 67.9 Å². The maximum atomic E-state index is 6.17. The van der Waals surface area contributed by atoms with E-state index in [0.29, 0.717) is 27.4 Å². The molecule has 7 heteroatoms. The molecule has 0 spiro atoms. The Morgan fingerprint density at radius 3 is 2.55 bits per heavy atom. The van der Waals surface area contributed by atoms with Crippen LogP contribution in [0.25, 0.3) is 11.4 Å². The molecule has 0 saturated carbocycles. The highest BCUT2D eigenvalue weighted by Crippen LogP contribution is 2.29. The third-order valence-corrected chi connectivity index (χ3v) is 3.48. The highest BCUT2D eigenvalue weighted by Gasteiger charge is 2.16. The molecule has 1 aliphatic heterocycles. The van der Waals surface area contributed by atoms with E-state index in [-0.39, 0.29) is 5.95 Å². The fourth-order valence-electron chi connectivity index (χ4n) is 1.95. The largest absolute Gasteiger partial charge is 0.368 e. The van der Waals surface area contributed by atoms with Gasteiger partial charge in [-0.3, -0.25) is 0 Å². The van der Waals surface area contributed by atoms with Crippen molar-refractivity contribution in [3.8, 4) is 11.4 Å². The predicted molar refractivity (Wildman–Crippen MR) is 81.0 cm³/mol. The van der Waals surface area contributed by atoms with Crippen molar-refractivity contribution in [2.24, 2.45) is 0 Å². The number of benzene rings is 1. The normalized spacial score (nSPS) is 14.0. The van der Waals surface area contributed by atoms with Crippen LogP contribution in [0, 0.1) is 0 Å². The number of nitrogen functional groups attached to an aromatic ring is 1. The van der Waals surface area contributed by atoms with E-state index in [1.165, 1.54) is 0 Å². The summed E-state index contributed by atoms with van der Waals surface area (Å²) in [5.41, 5.74) is 6.41. The van der Waals surface area contributed by atoms with Gasteiger partial charge in [0.15, 0.2) is 5.82 Å².